The highest BCUT2D eigenvalue weighted by atomic mass is 35.5. The maximum absolute atomic E-state index is 12.3. The Bertz CT molecular complexity index is 804. The van der Waals surface area contributed by atoms with Gasteiger partial charge in [0.15, 0.2) is 5.82 Å². The molecule has 0 radical (unpaired) electrons. The smallest absolute Gasteiger partial charge is 0.273 e. The Morgan fingerprint density at radius 1 is 1.35 bits per heavy atom. The van der Waals surface area contributed by atoms with Crippen LogP contribution in [0.1, 0.15) is 16.2 Å². The summed E-state index contributed by atoms with van der Waals surface area (Å²) in [6.07, 6.45) is 0. The summed E-state index contributed by atoms with van der Waals surface area (Å²) in [7, 11) is 1.83. The largest absolute Gasteiger partial charge is 0.360 e. The van der Waals surface area contributed by atoms with E-state index in [1.54, 1.807) is 25.1 Å². The molecule has 1 N–H and O–H groups in total. The maximum atomic E-state index is 12.3. The Balaban J connectivity index is 1.97. The van der Waals surface area contributed by atoms with Crippen LogP contribution in [-0.2, 0) is 7.05 Å². The molecule has 20 heavy (non-hydrogen) atoms. The molecule has 0 aliphatic carbocycles. The van der Waals surface area contributed by atoms with Crippen LogP contribution in [0.25, 0.3) is 10.9 Å². The first-order valence-corrected chi connectivity index (χ1v) is 6.42. The van der Waals surface area contributed by atoms with Gasteiger partial charge < -0.3 is 14.4 Å². The molecule has 0 spiro atoms. The summed E-state index contributed by atoms with van der Waals surface area (Å²) in [5.41, 5.74) is 1.47. The van der Waals surface area contributed by atoms with Crippen molar-refractivity contribution >= 4 is 34.2 Å². The number of amides is 1. The number of aromatic nitrogens is 2. The van der Waals surface area contributed by atoms with Crippen LogP contribution in [0, 0.1) is 6.92 Å². The first kappa shape index (κ1) is 12.7. The minimum atomic E-state index is -0.242. The zero-order chi connectivity index (χ0) is 14.3. The lowest BCUT2D eigenvalue weighted by Crippen LogP contribution is -2.15. The summed E-state index contributed by atoms with van der Waals surface area (Å²) >= 11 is 5.96. The predicted molar refractivity (Wildman–Crippen MR) is 77.1 cm³/mol. The van der Waals surface area contributed by atoms with E-state index in [0.717, 1.165) is 10.9 Å². The van der Waals surface area contributed by atoms with E-state index >= 15 is 0 Å². The van der Waals surface area contributed by atoms with E-state index in [4.69, 9.17) is 16.1 Å². The van der Waals surface area contributed by atoms with Crippen molar-refractivity contribution in [2.75, 3.05) is 5.32 Å². The van der Waals surface area contributed by atoms with Crippen LogP contribution in [0.15, 0.2) is 34.9 Å². The van der Waals surface area contributed by atoms with Gasteiger partial charge in [0.25, 0.3) is 5.91 Å². The minimum Gasteiger partial charge on any atom is -0.360 e. The topological polar surface area (TPSA) is 60.1 Å². The van der Waals surface area contributed by atoms with Crippen molar-refractivity contribution in [3.8, 4) is 0 Å². The van der Waals surface area contributed by atoms with Crippen LogP contribution in [0.3, 0.4) is 0 Å². The van der Waals surface area contributed by atoms with Gasteiger partial charge in [-0.3, -0.25) is 4.79 Å². The SMILES string of the molecule is Cc1cc(NC(=O)c2cc3cc(Cl)ccc3n2C)no1. The summed E-state index contributed by atoms with van der Waals surface area (Å²) in [5, 5.41) is 8.00. The van der Waals surface area contributed by atoms with Crippen LogP contribution in [0.4, 0.5) is 5.82 Å². The third-order valence-corrected chi connectivity index (χ3v) is 3.34. The Labute approximate surface area is 120 Å². The molecule has 102 valence electrons. The molecule has 0 bridgehead atoms. The van der Waals surface area contributed by atoms with Crippen molar-refractivity contribution < 1.29 is 9.32 Å². The molecule has 0 atom stereocenters. The fourth-order valence-corrected chi connectivity index (χ4v) is 2.32. The molecule has 3 aromatic rings. The molecular weight excluding hydrogens is 278 g/mol. The Hall–Kier alpha value is -2.27. The van der Waals surface area contributed by atoms with Crippen molar-refractivity contribution in [1.82, 2.24) is 9.72 Å². The van der Waals surface area contributed by atoms with Gasteiger partial charge in [-0.2, -0.15) is 0 Å². The number of hydrogen-bond acceptors (Lipinski definition) is 3. The number of fused-ring (bicyclic) bond motifs is 1. The van der Waals surface area contributed by atoms with Gasteiger partial charge in [-0.05, 0) is 31.2 Å². The summed E-state index contributed by atoms with van der Waals surface area (Å²) < 4.78 is 6.73. The molecule has 0 unspecified atom stereocenters. The number of nitrogens with zero attached hydrogens (tertiary/aromatic N) is 2. The molecule has 0 saturated heterocycles. The molecule has 1 amide bonds. The van der Waals surface area contributed by atoms with E-state index in [1.165, 1.54) is 0 Å². The number of carbonyl (C=O) groups excluding carboxylic acids is 1. The lowest BCUT2D eigenvalue weighted by atomic mass is 10.2. The lowest BCUT2D eigenvalue weighted by molar-refractivity contribution is 0.101. The number of hydrogen-bond donors (Lipinski definition) is 1. The number of rotatable bonds is 2. The Morgan fingerprint density at radius 2 is 2.15 bits per heavy atom. The molecular formula is C14H12ClN3O2. The van der Waals surface area contributed by atoms with E-state index in [0.29, 0.717) is 22.3 Å². The standard InChI is InChI=1S/C14H12ClN3O2/c1-8-5-13(17-20-8)16-14(19)12-7-9-6-10(15)3-4-11(9)18(12)2/h3-7H,1-2H3,(H,16,17,19). The van der Waals surface area contributed by atoms with E-state index in [1.807, 2.05) is 23.7 Å². The predicted octanol–water partition coefficient (Wildman–Crippen LogP) is 3.38. The summed E-state index contributed by atoms with van der Waals surface area (Å²) in [5.74, 6) is 0.799. The average molecular weight is 290 g/mol. The van der Waals surface area contributed by atoms with E-state index in [-0.39, 0.29) is 5.91 Å². The van der Waals surface area contributed by atoms with Gasteiger partial charge in [-0.1, -0.05) is 16.8 Å². The fourth-order valence-electron chi connectivity index (χ4n) is 2.14. The third kappa shape index (κ3) is 2.16. The number of benzene rings is 1. The summed E-state index contributed by atoms with van der Waals surface area (Å²) in [6.45, 7) is 1.77. The monoisotopic (exact) mass is 289 g/mol. The zero-order valence-electron chi connectivity index (χ0n) is 11.0. The summed E-state index contributed by atoms with van der Waals surface area (Å²) in [6, 6.07) is 8.97. The van der Waals surface area contributed by atoms with Crippen LogP contribution in [0.5, 0.6) is 0 Å². The molecule has 2 aromatic heterocycles. The van der Waals surface area contributed by atoms with Gasteiger partial charge in [-0.25, -0.2) is 0 Å². The molecule has 0 fully saturated rings. The van der Waals surface area contributed by atoms with Crippen LogP contribution in [-0.4, -0.2) is 15.6 Å². The number of nitrogens with one attached hydrogen (secondary N) is 1. The quantitative estimate of drug-likeness (QED) is 0.787. The molecule has 1 aromatic carbocycles. The number of aryl methyl sites for hydroxylation is 2. The summed E-state index contributed by atoms with van der Waals surface area (Å²) in [4.78, 5) is 12.3. The normalized spacial score (nSPS) is 10.9. The minimum absolute atomic E-state index is 0.242. The number of anilines is 1. The number of halogens is 1. The number of carbonyl (C=O) groups is 1. The lowest BCUT2D eigenvalue weighted by Gasteiger charge is -2.03. The average Bonchev–Trinajstić information content (AvgIpc) is 2.94. The highest BCUT2D eigenvalue weighted by Crippen LogP contribution is 2.23. The second-order valence-corrected chi connectivity index (χ2v) is 5.01. The van der Waals surface area contributed by atoms with Crippen LogP contribution < -0.4 is 5.32 Å². The first-order valence-electron chi connectivity index (χ1n) is 6.04. The maximum Gasteiger partial charge on any atom is 0.273 e. The van der Waals surface area contributed by atoms with E-state index in [9.17, 15) is 4.79 Å². The Morgan fingerprint density at radius 3 is 2.85 bits per heavy atom. The molecule has 5 nitrogen and oxygen atoms in total. The van der Waals surface area contributed by atoms with Crippen LogP contribution in [0.2, 0.25) is 5.02 Å². The van der Waals surface area contributed by atoms with Crippen molar-refractivity contribution in [2.45, 2.75) is 6.92 Å². The van der Waals surface area contributed by atoms with Crippen molar-refractivity contribution in [3.05, 3.63) is 46.8 Å². The molecule has 2 heterocycles. The van der Waals surface area contributed by atoms with Crippen molar-refractivity contribution in [2.24, 2.45) is 7.05 Å². The van der Waals surface area contributed by atoms with Gasteiger partial charge in [0, 0.05) is 29.0 Å². The van der Waals surface area contributed by atoms with Gasteiger partial charge in [0.05, 0.1) is 0 Å². The van der Waals surface area contributed by atoms with Gasteiger partial charge in [0.2, 0.25) is 0 Å². The van der Waals surface area contributed by atoms with Crippen molar-refractivity contribution in [3.63, 3.8) is 0 Å². The molecule has 6 heteroatoms. The molecule has 0 aliphatic heterocycles. The first-order chi connectivity index (χ1) is 9.54. The van der Waals surface area contributed by atoms with Crippen LogP contribution >= 0.6 is 11.6 Å². The highest BCUT2D eigenvalue weighted by Gasteiger charge is 2.15. The van der Waals surface area contributed by atoms with Gasteiger partial charge in [-0.15, -0.1) is 0 Å². The fraction of sp³-hybridized carbons (Fsp3) is 0.143. The van der Waals surface area contributed by atoms with Crippen molar-refractivity contribution in [1.29, 1.82) is 0 Å². The molecule has 3 rings (SSSR count). The zero-order valence-corrected chi connectivity index (χ0v) is 11.7. The van der Waals surface area contributed by atoms with Gasteiger partial charge in [0.1, 0.15) is 11.5 Å². The van der Waals surface area contributed by atoms with E-state index in [2.05, 4.69) is 10.5 Å². The third-order valence-electron chi connectivity index (χ3n) is 3.11. The molecule has 0 saturated carbocycles. The second kappa shape index (κ2) is 4.68. The highest BCUT2D eigenvalue weighted by molar-refractivity contribution is 6.31. The Kier molecular flexibility index (Phi) is 2.99. The van der Waals surface area contributed by atoms with E-state index < -0.39 is 0 Å². The van der Waals surface area contributed by atoms with Gasteiger partial charge >= 0.3 is 0 Å². The second-order valence-electron chi connectivity index (χ2n) is 4.57. The molecule has 0 aliphatic rings.